The lowest BCUT2D eigenvalue weighted by Crippen LogP contribution is -2.36. The third-order valence-corrected chi connectivity index (χ3v) is 5.83. The number of rotatable bonds is 11. The summed E-state index contributed by atoms with van der Waals surface area (Å²) in [5, 5.41) is 19.8. The topological polar surface area (TPSA) is 85.2 Å². The Hall–Kier alpha value is -1.63. The van der Waals surface area contributed by atoms with Crippen LogP contribution in [0.3, 0.4) is 0 Å². The summed E-state index contributed by atoms with van der Waals surface area (Å²) in [6.45, 7) is 5.99. The van der Waals surface area contributed by atoms with Crippen LogP contribution in [0.1, 0.15) is 77.4 Å². The standard InChI is InChI=1S/C24H38O6/c1-17(11-12-22(25)24(2,3)27)13-14-29-19-8-5-7-18(15-19)21-10-6-9-20(30-21)16-23(26)28-4/h5,7-8,15,17,20-22,25,27H,6,9-14,16H2,1-4H3/t17-,20-,21+,22+/m0/s1. The molecule has 0 bridgehead atoms. The molecular weight excluding hydrogens is 384 g/mol. The van der Waals surface area contributed by atoms with Crippen molar-refractivity contribution in [3.63, 3.8) is 0 Å². The van der Waals surface area contributed by atoms with Crippen LogP contribution in [0.2, 0.25) is 0 Å². The van der Waals surface area contributed by atoms with Crippen LogP contribution in [-0.2, 0) is 14.3 Å². The Morgan fingerprint density at radius 2 is 2.03 bits per heavy atom. The van der Waals surface area contributed by atoms with Gasteiger partial charge < -0.3 is 24.4 Å². The average molecular weight is 423 g/mol. The lowest BCUT2D eigenvalue weighted by atomic mass is 9.93. The van der Waals surface area contributed by atoms with Gasteiger partial charge in [-0.25, -0.2) is 0 Å². The SMILES string of the molecule is COC(=O)C[C@@H]1CCC[C@H](c2cccc(OCC[C@@H](C)CC[C@@H](O)C(C)(C)O)c2)O1. The van der Waals surface area contributed by atoms with E-state index in [9.17, 15) is 15.0 Å². The molecule has 1 aromatic rings. The van der Waals surface area contributed by atoms with Crippen LogP contribution in [0, 0.1) is 5.92 Å². The van der Waals surface area contributed by atoms with Crippen LogP contribution in [0.4, 0.5) is 0 Å². The molecule has 1 aliphatic rings. The van der Waals surface area contributed by atoms with E-state index in [0.717, 1.165) is 43.4 Å². The van der Waals surface area contributed by atoms with E-state index in [1.807, 2.05) is 24.3 Å². The Labute approximate surface area is 180 Å². The van der Waals surface area contributed by atoms with Gasteiger partial charge in [0, 0.05) is 0 Å². The van der Waals surface area contributed by atoms with Crippen molar-refractivity contribution in [2.45, 2.75) is 89.6 Å². The summed E-state index contributed by atoms with van der Waals surface area (Å²) in [5.74, 6) is 0.975. The number of esters is 1. The summed E-state index contributed by atoms with van der Waals surface area (Å²) in [6.07, 6.45) is 4.58. The molecule has 1 saturated heterocycles. The third-order valence-electron chi connectivity index (χ3n) is 5.83. The summed E-state index contributed by atoms with van der Waals surface area (Å²) >= 11 is 0. The van der Waals surface area contributed by atoms with Gasteiger partial charge in [0.05, 0.1) is 44.1 Å². The highest BCUT2D eigenvalue weighted by atomic mass is 16.5. The molecule has 4 atom stereocenters. The van der Waals surface area contributed by atoms with Gasteiger partial charge in [-0.15, -0.1) is 0 Å². The highest BCUT2D eigenvalue weighted by Gasteiger charge is 2.26. The molecule has 0 amide bonds. The first kappa shape index (κ1) is 24.6. The number of benzene rings is 1. The maximum absolute atomic E-state index is 11.5. The molecule has 1 aromatic carbocycles. The zero-order valence-electron chi connectivity index (χ0n) is 18.8. The second-order valence-corrected chi connectivity index (χ2v) is 9.02. The largest absolute Gasteiger partial charge is 0.494 e. The number of hydrogen-bond acceptors (Lipinski definition) is 6. The lowest BCUT2D eigenvalue weighted by Gasteiger charge is -2.30. The molecular formula is C24H38O6. The lowest BCUT2D eigenvalue weighted by molar-refractivity contribution is -0.147. The second kappa shape index (κ2) is 11.7. The van der Waals surface area contributed by atoms with Crippen molar-refractivity contribution >= 4 is 5.97 Å². The van der Waals surface area contributed by atoms with E-state index in [0.29, 0.717) is 25.4 Å². The summed E-state index contributed by atoms with van der Waals surface area (Å²) in [6, 6.07) is 7.98. The van der Waals surface area contributed by atoms with Crippen molar-refractivity contribution in [1.29, 1.82) is 0 Å². The van der Waals surface area contributed by atoms with Gasteiger partial charge in [-0.1, -0.05) is 19.1 Å². The minimum atomic E-state index is -1.06. The van der Waals surface area contributed by atoms with Gasteiger partial charge in [-0.2, -0.15) is 0 Å². The van der Waals surface area contributed by atoms with Crippen LogP contribution in [0.5, 0.6) is 5.75 Å². The smallest absolute Gasteiger partial charge is 0.308 e. The van der Waals surface area contributed by atoms with E-state index in [2.05, 4.69) is 6.92 Å². The first-order valence-corrected chi connectivity index (χ1v) is 11.0. The summed E-state index contributed by atoms with van der Waals surface area (Å²) < 4.78 is 16.8. The van der Waals surface area contributed by atoms with Gasteiger partial charge in [0.1, 0.15) is 5.75 Å². The van der Waals surface area contributed by atoms with Gasteiger partial charge in [0.2, 0.25) is 0 Å². The second-order valence-electron chi connectivity index (χ2n) is 9.02. The fourth-order valence-corrected chi connectivity index (χ4v) is 3.69. The van der Waals surface area contributed by atoms with E-state index < -0.39 is 11.7 Å². The van der Waals surface area contributed by atoms with E-state index in [1.54, 1.807) is 13.8 Å². The minimum absolute atomic E-state index is 0.0285. The molecule has 30 heavy (non-hydrogen) atoms. The predicted molar refractivity (Wildman–Crippen MR) is 115 cm³/mol. The quantitative estimate of drug-likeness (QED) is 0.521. The molecule has 170 valence electrons. The number of carbonyl (C=O) groups excluding carboxylic acids is 1. The number of hydrogen-bond donors (Lipinski definition) is 2. The summed E-state index contributed by atoms with van der Waals surface area (Å²) in [7, 11) is 1.40. The maximum atomic E-state index is 11.5. The zero-order chi connectivity index (χ0) is 22.1. The van der Waals surface area contributed by atoms with Gasteiger partial charge in [-0.05, 0) is 76.0 Å². The number of carbonyl (C=O) groups is 1. The van der Waals surface area contributed by atoms with E-state index in [4.69, 9.17) is 14.2 Å². The van der Waals surface area contributed by atoms with Gasteiger partial charge in [-0.3, -0.25) is 4.79 Å². The number of aliphatic hydroxyl groups is 2. The molecule has 0 spiro atoms. The van der Waals surface area contributed by atoms with Crippen LogP contribution < -0.4 is 4.74 Å². The molecule has 0 unspecified atom stereocenters. The molecule has 2 rings (SSSR count). The van der Waals surface area contributed by atoms with Gasteiger partial charge in [0.25, 0.3) is 0 Å². The van der Waals surface area contributed by atoms with Crippen molar-refractivity contribution in [2.75, 3.05) is 13.7 Å². The highest BCUT2D eigenvalue weighted by molar-refractivity contribution is 5.69. The Kier molecular flexibility index (Phi) is 9.59. The third kappa shape index (κ3) is 8.25. The Bertz CT molecular complexity index is 653. The highest BCUT2D eigenvalue weighted by Crippen LogP contribution is 2.34. The molecule has 1 aliphatic heterocycles. The monoisotopic (exact) mass is 422 g/mol. The Morgan fingerprint density at radius 3 is 2.73 bits per heavy atom. The normalized spacial score (nSPS) is 21.7. The van der Waals surface area contributed by atoms with Gasteiger partial charge in [0.15, 0.2) is 0 Å². The first-order valence-electron chi connectivity index (χ1n) is 11.0. The number of aliphatic hydroxyl groups excluding tert-OH is 1. The van der Waals surface area contributed by atoms with Crippen LogP contribution in [-0.4, -0.2) is 47.7 Å². The molecule has 6 nitrogen and oxygen atoms in total. The molecule has 0 aliphatic carbocycles. The van der Waals surface area contributed by atoms with Crippen molar-refractivity contribution in [3.8, 4) is 5.75 Å². The average Bonchev–Trinajstić information content (AvgIpc) is 2.71. The van der Waals surface area contributed by atoms with E-state index in [-0.39, 0.29) is 18.2 Å². The van der Waals surface area contributed by atoms with Crippen LogP contribution in [0.25, 0.3) is 0 Å². The minimum Gasteiger partial charge on any atom is -0.494 e. The van der Waals surface area contributed by atoms with E-state index in [1.165, 1.54) is 7.11 Å². The fraction of sp³-hybridized carbons (Fsp3) is 0.708. The molecule has 6 heteroatoms. The number of ether oxygens (including phenoxy) is 3. The summed E-state index contributed by atoms with van der Waals surface area (Å²) in [5.41, 5.74) is 0.0108. The molecule has 1 fully saturated rings. The van der Waals surface area contributed by atoms with Crippen molar-refractivity contribution in [1.82, 2.24) is 0 Å². The van der Waals surface area contributed by atoms with Crippen LogP contribution in [0.15, 0.2) is 24.3 Å². The fourth-order valence-electron chi connectivity index (χ4n) is 3.69. The molecule has 0 saturated carbocycles. The maximum Gasteiger partial charge on any atom is 0.308 e. The predicted octanol–water partition coefficient (Wildman–Crippen LogP) is 4.18. The van der Waals surface area contributed by atoms with Crippen molar-refractivity contribution < 1.29 is 29.2 Å². The molecule has 0 radical (unpaired) electrons. The van der Waals surface area contributed by atoms with Crippen molar-refractivity contribution in [2.24, 2.45) is 5.92 Å². The number of methoxy groups -OCH3 is 1. The Morgan fingerprint density at radius 1 is 1.27 bits per heavy atom. The van der Waals surface area contributed by atoms with E-state index >= 15 is 0 Å². The Balaban J connectivity index is 1.79. The zero-order valence-corrected chi connectivity index (χ0v) is 18.8. The van der Waals surface area contributed by atoms with Crippen LogP contribution >= 0.6 is 0 Å². The summed E-state index contributed by atoms with van der Waals surface area (Å²) in [4.78, 5) is 11.5. The first-order chi connectivity index (χ1) is 14.2. The molecule has 2 N–H and O–H groups in total. The molecule has 1 heterocycles. The van der Waals surface area contributed by atoms with Gasteiger partial charge >= 0.3 is 5.97 Å². The van der Waals surface area contributed by atoms with Crippen molar-refractivity contribution in [3.05, 3.63) is 29.8 Å². The molecule has 0 aromatic heterocycles.